The third-order valence-electron chi connectivity index (χ3n) is 3.39. The molecule has 0 amide bonds. The normalized spacial score (nSPS) is 15.0. The summed E-state index contributed by atoms with van der Waals surface area (Å²) in [7, 11) is 0. The second-order valence-corrected chi connectivity index (χ2v) is 4.92. The molecule has 0 saturated heterocycles. The number of hydrazine groups is 1. The molecule has 2 N–H and O–H groups in total. The topological polar surface area (TPSA) is 48.4 Å². The Morgan fingerprint density at radius 3 is 2.95 bits per heavy atom. The zero-order valence-electron chi connectivity index (χ0n) is 10.9. The van der Waals surface area contributed by atoms with E-state index in [0.717, 1.165) is 30.9 Å². The maximum absolute atomic E-state index is 9.48. The minimum Gasteiger partial charge on any atom is -0.508 e. The third kappa shape index (κ3) is 2.69. The van der Waals surface area contributed by atoms with Crippen LogP contribution in [0.3, 0.4) is 0 Å². The highest BCUT2D eigenvalue weighted by atomic mass is 16.3. The second-order valence-electron chi connectivity index (χ2n) is 4.92. The summed E-state index contributed by atoms with van der Waals surface area (Å²) in [5, 5.41) is 11.7. The average molecular weight is 255 g/mol. The van der Waals surface area contributed by atoms with Crippen molar-refractivity contribution in [2.75, 3.05) is 12.0 Å². The van der Waals surface area contributed by atoms with Crippen molar-refractivity contribution in [3.05, 3.63) is 53.3 Å². The highest BCUT2D eigenvalue weighted by Crippen LogP contribution is 2.23. The number of phenolic OH excluding ortho intramolecular Hbond substituents is 1. The van der Waals surface area contributed by atoms with E-state index in [1.165, 1.54) is 11.1 Å². The summed E-state index contributed by atoms with van der Waals surface area (Å²) < 4.78 is 0. The van der Waals surface area contributed by atoms with Crippen LogP contribution < -0.4 is 5.43 Å². The predicted molar refractivity (Wildman–Crippen MR) is 74.8 cm³/mol. The highest BCUT2D eigenvalue weighted by molar-refractivity contribution is 5.43. The zero-order chi connectivity index (χ0) is 13.2. The number of hydrogen-bond donors (Lipinski definition) is 2. The molecular formula is C15H17N3O. The van der Waals surface area contributed by atoms with Gasteiger partial charge in [-0.25, -0.2) is 5.01 Å². The van der Waals surface area contributed by atoms with Gasteiger partial charge in [0.1, 0.15) is 5.75 Å². The number of hydrogen-bond acceptors (Lipinski definition) is 4. The maximum Gasteiger partial charge on any atom is 0.115 e. The standard InChI is InChI=1S/C15H17N3O/c1-11-8-14(4-6-16-11)17-18-7-5-12-9-15(19)3-2-13(12)10-18/h2-4,6,8-9,19H,5,7,10H2,1H3,(H,16,17). The van der Waals surface area contributed by atoms with Gasteiger partial charge < -0.3 is 10.5 Å². The molecule has 0 fully saturated rings. The van der Waals surface area contributed by atoms with Crippen molar-refractivity contribution in [3.8, 4) is 5.75 Å². The highest BCUT2D eigenvalue weighted by Gasteiger charge is 2.16. The van der Waals surface area contributed by atoms with Gasteiger partial charge in [0.05, 0.1) is 5.69 Å². The van der Waals surface area contributed by atoms with Crippen molar-refractivity contribution < 1.29 is 5.11 Å². The molecule has 1 aliphatic rings. The van der Waals surface area contributed by atoms with Crippen molar-refractivity contribution in [3.63, 3.8) is 0 Å². The molecule has 0 bridgehead atoms. The molecule has 0 spiro atoms. The van der Waals surface area contributed by atoms with Gasteiger partial charge in [0.15, 0.2) is 0 Å². The van der Waals surface area contributed by atoms with Gasteiger partial charge in [-0.05, 0) is 48.7 Å². The van der Waals surface area contributed by atoms with E-state index >= 15 is 0 Å². The molecule has 2 heterocycles. The van der Waals surface area contributed by atoms with Crippen LogP contribution in [0.25, 0.3) is 0 Å². The van der Waals surface area contributed by atoms with E-state index in [2.05, 4.69) is 15.4 Å². The Kier molecular flexibility index (Phi) is 3.09. The Bertz CT molecular complexity index is 598. The van der Waals surface area contributed by atoms with Crippen LogP contribution in [0.5, 0.6) is 5.75 Å². The Labute approximate surface area is 112 Å². The number of pyridine rings is 1. The largest absolute Gasteiger partial charge is 0.508 e. The second kappa shape index (κ2) is 4.90. The summed E-state index contributed by atoms with van der Waals surface area (Å²) in [5.74, 6) is 0.352. The molecule has 0 saturated carbocycles. The van der Waals surface area contributed by atoms with E-state index in [4.69, 9.17) is 0 Å². The summed E-state index contributed by atoms with van der Waals surface area (Å²) >= 11 is 0. The lowest BCUT2D eigenvalue weighted by Crippen LogP contribution is -2.35. The molecule has 98 valence electrons. The lowest BCUT2D eigenvalue weighted by molar-refractivity contribution is 0.307. The number of benzene rings is 1. The van der Waals surface area contributed by atoms with E-state index in [1.54, 1.807) is 6.07 Å². The Balaban J connectivity index is 1.74. The first-order valence-electron chi connectivity index (χ1n) is 6.46. The minimum atomic E-state index is 0.352. The van der Waals surface area contributed by atoms with Crippen molar-refractivity contribution in [2.24, 2.45) is 0 Å². The quantitative estimate of drug-likeness (QED) is 0.865. The molecule has 4 heteroatoms. The Morgan fingerprint density at radius 2 is 2.11 bits per heavy atom. The number of nitrogens with one attached hydrogen (secondary N) is 1. The first-order valence-corrected chi connectivity index (χ1v) is 6.46. The maximum atomic E-state index is 9.48. The van der Waals surface area contributed by atoms with Crippen molar-refractivity contribution in [1.82, 2.24) is 9.99 Å². The van der Waals surface area contributed by atoms with Gasteiger partial charge in [-0.2, -0.15) is 0 Å². The predicted octanol–water partition coefficient (Wildman–Crippen LogP) is 2.48. The smallest absolute Gasteiger partial charge is 0.115 e. The number of anilines is 1. The van der Waals surface area contributed by atoms with Gasteiger partial charge in [0.25, 0.3) is 0 Å². The third-order valence-corrected chi connectivity index (χ3v) is 3.39. The van der Waals surface area contributed by atoms with Gasteiger partial charge in [0.2, 0.25) is 0 Å². The van der Waals surface area contributed by atoms with Crippen LogP contribution in [-0.4, -0.2) is 21.6 Å². The molecule has 0 aliphatic carbocycles. The monoisotopic (exact) mass is 255 g/mol. The molecule has 19 heavy (non-hydrogen) atoms. The van der Waals surface area contributed by atoms with Crippen molar-refractivity contribution in [2.45, 2.75) is 19.9 Å². The molecule has 0 atom stereocenters. The molecule has 3 rings (SSSR count). The molecule has 0 unspecified atom stereocenters. The van der Waals surface area contributed by atoms with Crippen molar-refractivity contribution in [1.29, 1.82) is 0 Å². The summed E-state index contributed by atoms with van der Waals surface area (Å²) in [6.07, 6.45) is 2.76. The molecule has 4 nitrogen and oxygen atoms in total. The number of nitrogens with zero attached hydrogens (tertiary/aromatic N) is 2. The van der Waals surface area contributed by atoms with Gasteiger partial charge in [0, 0.05) is 25.0 Å². The van der Waals surface area contributed by atoms with Gasteiger partial charge in [-0.15, -0.1) is 0 Å². The fourth-order valence-electron chi connectivity index (χ4n) is 2.43. The van der Waals surface area contributed by atoms with Crippen LogP contribution in [0.2, 0.25) is 0 Å². The lowest BCUT2D eigenvalue weighted by Gasteiger charge is -2.30. The minimum absolute atomic E-state index is 0.352. The number of aryl methyl sites for hydroxylation is 1. The summed E-state index contributed by atoms with van der Waals surface area (Å²) in [6, 6.07) is 9.62. The van der Waals surface area contributed by atoms with Gasteiger partial charge in [-0.3, -0.25) is 4.98 Å². The number of aromatic hydroxyl groups is 1. The van der Waals surface area contributed by atoms with E-state index < -0.39 is 0 Å². The van der Waals surface area contributed by atoms with Crippen LogP contribution in [0.4, 0.5) is 5.69 Å². The van der Waals surface area contributed by atoms with E-state index in [1.807, 2.05) is 37.4 Å². The molecule has 2 aromatic rings. The summed E-state index contributed by atoms with van der Waals surface area (Å²) in [4.78, 5) is 4.19. The van der Waals surface area contributed by atoms with E-state index in [-0.39, 0.29) is 0 Å². The van der Waals surface area contributed by atoms with Gasteiger partial charge in [-0.1, -0.05) is 6.07 Å². The van der Waals surface area contributed by atoms with Crippen LogP contribution in [0.1, 0.15) is 16.8 Å². The molecule has 1 aromatic carbocycles. The Hall–Kier alpha value is -2.07. The van der Waals surface area contributed by atoms with Crippen LogP contribution >= 0.6 is 0 Å². The SMILES string of the molecule is Cc1cc(NN2CCc3cc(O)ccc3C2)ccn1. The first kappa shape index (κ1) is 12.0. The van der Waals surface area contributed by atoms with E-state index in [9.17, 15) is 5.11 Å². The lowest BCUT2D eigenvalue weighted by atomic mass is 10.0. The summed E-state index contributed by atoms with van der Waals surface area (Å²) in [5.41, 5.74) is 7.99. The number of aromatic nitrogens is 1. The van der Waals surface area contributed by atoms with E-state index in [0.29, 0.717) is 5.75 Å². The Morgan fingerprint density at radius 1 is 1.21 bits per heavy atom. The fraction of sp³-hybridized carbons (Fsp3) is 0.267. The van der Waals surface area contributed by atoms with Crippen LogP contribution in [0, 0.1) is 6.92 Å². The molecular weight excluding hydrogens is 238 g/mol. The fourth-order valence-corrected chi connectivity index (χ4v) is 2.43. The number of rotatable bonds is 2. The number of phenols is 1. The van der Waals surface area contributed by atoms with Crippen LogP contribution in [0.15, 0.2) is 36.5 Å². The first-order chi connectivity index (χ1) is 9.20. The molecule has 0 radical (unpaired) electrons. The zero-order valence-corrected chi connectivity index (χ0v) is 10.9. The summed E-state index contributed by atoms with van der Waals surface area (Å²) in [6.45, 7) is 3.76. The number of fused-ring (bicyclic) bond motifs is 1. The molecule has 1 aromatic heterocycles. The van der Waals surface area contributed by atoms with Crippen molar-refractivity contribution >= 4 is 5.69 Å². The van der Waals surface area contributed by atoms with Gasteiger partial charge >= 0.3 is 0 Å². The van der Waals surface area contributed by atoms with Crippen LogP contribution in [-0.2, 0) is 13.0 Å². The average Bonchev–Trinajstić information content (AvgIpc) is 2.39. The molecule has 1 aliphatic heterocycles.